The van der Waals surface area contributed by atoms with E-state index in [1.54, 1.807) is 19.1 Å². The number of halogens is 1. The molecule has 0 bridgehead atoms. The standard InChI is InChI=1S/C17H17FN2O/c1-10-6-7-12(8-14(10)18)17(21)20-16-13-5-3-2-4-11(13)9-15(16)19/h2-8,15-16H,9,19H2,1H3,(H,20,21). The van der Waals surface area contributed by atoms with Crippen molar-refractivity contribution in [2.75, 3.05) is 0 Å². The highest BCUT2D eigenvalue weighted by atomic mass is 19.1. The Hall–Kier alpha value is -2.20. The van der Waals surface area contributed by atoms with Gasteiger partial charge < -0.3 is 11.1 Å². The van der Waals surface area contributed by atoms with Gasteiger partial charge in [-0.25, -0.2) is 4.39 Å². The number of benzene rings is 2. The summed E-state index contributed by atoms with van der Waals surface area (Å²) in [6.45, 7) is 1.67. The van der Waals surface area contributed by atoms with Crippen LogP contribution in [0, 0.1) is 12.7 Å². The number of nitrogens with one attached hydrogen (secondary N) is 1. The Balaban J connectivity index is 1.83. The average Bonchev–Trinajstić information content (AvgIpc) is 2.78. The van der Waals surface area contributed by atoms with Crippen molar-refractivity contribution in [3.8, 4) is 0 Å². The number of rotatable bonds is 2. The van der Waals surface area contributed by atoms with Gasteiger partial charge in [0, 0.05) is 11.6 Å². The first-order chi connectivity index (χ1) is 10.1. The third-order valence-electron chi connectivity index (χ3n) is 3.99. The van der Waals surface area contributed by atoms with Crippen LogP contribution in [0.2, 0.25) is 0 Å². The van der Waals surface area contributed by atoms with Gasteiger partial charge in [-0.15, -0.1) is 0 Å². The van der Waals surface area contributed by atoms with Crippen LogP contribution in [0.25, 0.3) is 0 Å². The molecule has 0 saturated carbocycles. The molecule has 2 aromatic carbocycles. The third kappa shape index (κ3) is 2.54. The van der Waals surface area contributed by atoms with Crippen LogP contribution in [0.1, 0.15) is 33.1 Å². The van der Waals surface area contributed by atoms with E-state index in [2.05, 4.69) is 5.32 Å². The van der Waals surface area contributed by atoms with E-state index in [1.165, 1.54) is 6.07 Å². The van der Waals surface area contributed by atoms with Crippen LogP contribution >= 0.6 is 0 Å². The van der Waals surface area contributed by atoms with E-state index in [9.17, 15) is 9.18 Å². The summed E-state index contributed by atoms with van der Waals surface area (Å²) in [5.74, 6) is -0.676. The predicted octanol–water partition coefficient (Wildman–Crippen LogP) is 2.49. The average molecular weight is 284 g/mol. The lowest BCUT2D eigenvalue weighted by atomic mass is 10.1. The maximum Gasteiger partial charge on any atom is 0.251 e. The van der Waals surface area contributed by atoms with E-state index < -0.39 is 0 Å². The van der Waals surface area contributed by atoms with Crippen molar-refractivity contribution >= 4 is 5.91 Å². The van der Waals surface area contributed by atoms with Gasteiger partial charge in [0.05, 0.1) is 6.04 Å². The molecule has 1 amide bonds. The maximum absolute atomic E-state index is 13.6. The summed E-state index contributed by atoms with van der Waals surface area (Å²) in [6.07, 6.45) is 0.739. The van der Waals surface area contributed by atoms with Crippen LogP contribution in [0.3, 0.4) is 0 Å². The molecule has 2 atom stereocenters. The summed E-state index contributed by atoms with van der Waals surface area (Å²) < 4.78 is 13.6. The van der Waals surface area contributed by atoms with Crippen LogP contribution in [0.5, 0.6) is 0 Å². The van der Waals surface area contributed by atoms with E-state index in [4.69, 9.17) is 5.73 Å². The second-order valence-corrected chi connectivity index (χ2v) is 5.48. The van der Waals surface area contributed by atoms with E-state index in [0.29, 0.717) is 11.1 Å². The minimum absolute atomic E-state index is 0.151. The molecular formula is C17H17FN2O. The fourth-order valence-electron chi connectivity index (χ4n) is 2.77. The third-order valence-corrected chi connectivity index (χ3v) is 3.99. The summed E-state index contributed by atoms with van der Waals surface area (Å²) in [7, 11) is 0. The number of carbonyl (C=O) groups is 1. The zero-order valence-electron chi connectivity index (χ0n) is 11.8. The normalized spacial score (nSPS) is 20.1. The molecule has 21 heavy (non-hydrogen) atoms. The van der Waals surface area contributed by atoms with Gasteiger partial charge in [0.15, 0.2) is 0 Å². The van der Waals surface area contributed by atoms with Crippen molar-refractivity contribution in [3.05, 3.63) is 70.5 Å². The molecule has 0 saturated heterocycles. The summed E-state index contributed by atoms with van der Waals surface area (Å²) >= 11 is 0. The molecular weight excluding hydrogens is 267 g/mol. The Kier molecular flexibility index (Phi) is 3.47. The molecule has 3 nitrogen and oxygen atoms in total. The fourth-order valence-corrected chi connectivity index (χ4v) is 2.77. The van der Waals surface area contributed by atoms with Crippen LogP contribution in [-0.2, 0) is 6.42 Å². The zero-order valence-corrected chi connectivity index (χ0v) is 11.8. The predicted molar refractivity (Wildman–Crippen MR) is 79.5 cm³/mol. The quantitative estimate of drug-likeness (QED) is 0.890. The van der Waals surface area contributed by atoms with Crippen molar-refractivity contribution in [3.63, 3.8) is 0 Å². The molecule has 2 aromatic rings. The fraction of sp³-hybridized carbons (Fsp3) is 0.235. The second kappa shape index (κ2) is 5.30. The van der Waals surface area contributed by atoms with E-state index >= 15 is 0 Å². The SMILES string of the molecule is Cc1ccc(C(=O)NC2c3ccccc3CC2N)cc1F. The van der Waals surface area contributed by atoms with Crippen LogP contribution in [0.15, 0.2) is 42.5 Å². The summed E-state index contributed by atoms with van der Waals surface area (Å²) in [4.78, 5) is 12.3. The van der Waals surface area contributed by atoms with E-state index in [1.807, 2.05) is 24.3 Å². The minimum Gasteiger partial charge on any atom is -0.344 e. The van der Waals surface area contributed by atoms with Crippen molar-refractivity contribution < 1.29 is 9.18 Å². The Morgan fingerprint density at radius 1 is 1.29 bits per heavy atom. The number of hydrogen-bond donors (Lipinski definition) is 2. The van der Waals surface area contributed by atoms with Gasteiger partial charge in [0.2, 0.25) is 0 Å². The molecule has 4 heteroatoms. The topological polar surface area (TPSA) is 55.1 Å². The number of fused-ring (bicyclic) bond motifs is 1. The maximum atomic E-state index is 13.6. The highest BCUT2D eigenvalue weighted by Crippen LogP contribution is 2.30. The Morgan fingerprint density at radius 2 is 2.05 bits per heavy atom. The lowest BCUT2D eigenvalue weighted by Gasteiger charge is -2.19. The number of carbonyl (C=O) groups excluding carboxylic acids is 1. The summed E-state index contributed by atoms with van der Waals surface area (Å²) in [5, 5.41) is 2.92. The molecule has 1 aliphatic rings. The molecule has 3 rings (SSSR count). The van der Waals surface area contributed by atoms with Gasteiger partial charge in [-0.2, -0.15) is 0 Å². The van der Waals surface area contributed by atoms with Gasteiger partial charge in [0.1, 0.15) is 5.82 Å². The Bertz CT molecular complexity index is 699. The van der Waals surface area contributed by atoms with Gasteiger partial charge >= 0.3 is 0 Å². The summed E-state index contributed by atoms with van der Waals surface area (Å²) in [6, 6.07) is 12.0. The van der Waals surface area contributed by atoms with Gasteiger partial charge in [-0.1, -0.05) is 30.3 Å². The van der Waals surface area contributed by atoms with Crippen molar-refractivity contribution in [1.82, 2.24) is 5.32 Å². The van der Waals surface area contributed by atoms with Crippen LogP contribution in [-0.4, -0.2) is 11.9 Å². The van der Waals surface area contributed by atoms with Crippen LogP contribution in [0.4, 0.5) is 4.39 Å². The smallest absolute Gasteiger partial charge is 0.251 e. The Morgan fingerprint density at radius 3 is 2.81 bits per heavy atom. The van der Waals surface area contributed by atoms with Gasteiger partial charge in [-0.05, 0) is 42.2 Å². The monoisotopic (exact) mass is 284 g/mol. The van der Waals surface area contributed by atoms with Crippen molar-refractivity contribution in [2.24, 2.45) is 5.73 Å². The van der Waals surface area contributed by atoms with Gasteiger partial charge in [-0.3, -0.25) is 4.79 Å². The molecule has 0 heterocycles. The molecule has 0 spiro atoms. The van der Waals surface area contributed by atoms with E-state index in [-0.39, 0.29) is 23.8 Å². The molecule has 108 valence electrons. The first-order valence-corrected chi connectivity index (χ1v) is 6.96. The second-order valence-electron chi connectivity index (χ2n) is 5.48. The highest BCUT2D eigenvalue weighted by Gasteiger charge is 2.30. The van der Waals surface area contributed by atoms with Crippen LogP contribution < -0.4 is 11.1 Å². The number of amides is 1. The molecule has 2 unspecified atom stereocenters. The lowest BCUT2D eigenvalue weighted by Crippen LogP contribution is -2.38. The molecule has 0 radical (unpaired) electrons. The molecule has 1 aliphatic carbocycles. The first-order valence-electron chi connectivity index (χ1n) is 6.96. The molecule has 3 N–H and O–H groups in total. The molecule has 0 fully saturated rings. The van der Waals surface area contributed by atoms with E-state index in [0.717, 1.165) is 17.5 Å². The minimum atomic E-state index is -0.376. The lowest BCUT2D eigenvalue weighted by molar-refractivity contribution is 0.0932. The Labute approximate surface area is 123 Å². The van der Waals surface area contributed by atoms with Crippen molar-refractivity contribution in [2.45, 2.75) is 25.4 Å². The first kappa shape index (κ1) is 13.8. The van der Waals surface area contributed by atoms with Gasteiger partial charge in [0.25, 0.3) is 5.91 Å². The van der Waals surface area contributed by atoms with Crippen molar-refractivity contribution in [1.29, 1.82) is 0 Å². The number of nitrogens with two attached hydrogens (primary N) is 1. The molecule has 0 aromatic heterocycles. The highest BCUT2D eigenvalue weighted by molar-refractivity contribution is 5.94. The number of aryl methyl sites for hydroxylation is 1. The zero-order chi connectivity index (χ0) is 15.0. The summed E-state index contributed by atoms with van der Waals surface area (Å²) in [5.41, 5.74) is 9.16. The number of hydrogen-bond acceptors (Lipinski definition) is 2. The molecule has 0 aliphatic heterocycles. The largest absolute Gasteiger partial charge is 0.344 e.